The van der Waals surface area contributed by atoms with Gasteiger partial charge >= 0.3 is 5.97 Å². The summed E-state index contributed by atoms with van der Waals surface area (Å²) < 4.78 is 45.1. The van der Waals surface area contributed by atoms with Gasteiger partial charge in [0, 0.05) is 29.8 Å². The third kappa shape index (κ3) is 8.54. The number of amides is 1. The SMILES string of the molecule is C=Cc1ccc([C@@H](NC(=O)COc2cc3c(cc2OC)N(c2ccccc2)CC(CCCC)(CCCC)CS3(=O)=O)C(=O)OC)cc1. The van der Waals surface area contributed by atoms with Gasteiger partial charge in [0.2, 0.25) is 0 Å². The van der Waals surface area contributed by atoms with E-state index in [2.05, 4.69) is 30.6 Å². The summed E-state index contributed by atoms with van der Waals surface area (Å²) in [5, 5.41) is 2.66. The number of fused-ring (bicyclic) bond motifs is 1. The first kappa shape index (κ1) is 35.5. The average molecular weight is 663 g/mol. The number of sulfone groups is 1. The summed E-state index contributed by atoms with van der Waals surface area (Å²) in [4.78, 5) is 27.9. The van der Waals surface area contributed by atoms with Crippen molar-refractivity contribution in [2.24, 2.45) is 5.41 Å². The van der Waals surface area contributed by atoms with E-state index >= 15 is 0 Å². The highest BCUT2D eigenvalue weighted by atomic mass is 32.2. The first-order chi connectivity index (χ1) is 22.6. The Morgan fingerprint density at radius 3 is 2.21 bits per heavy atom. The van der Waals surface area contributed by atoms with Crippen molar-refractivity contribution < 1.29 is 32.2 Å². The van der Waals surface area contributed by atoms with Gasteiger partial charge in [-0.05, 0) is 36.1 Å². The Morgan fingerprint density at radius 1 is 0.979 bits per heavy atom. The van der Waals surface area contributed by atoms with Crippen molar-refractivity contribution in [3.63, 3.8) is 0 Å². The molecule has 9 nitrogen and oxygen atoms in total. The van der Waals surface area contributed by atoms with E-state index < -0.39 is 39.8 Å². The van der Waals surface area contributed by atoms with E-state index in [4.69, 9.17) is 14.2 Å². The number of hydrogen-bond donors (Lipinski definition) is 1. The molecule has 0 radical (unpaired) electrons. The second kappa shape index (κ2) is 16.0. The predicted molar refractivity (Wildman–Crippen MR) is 185 cm³/mol. The number of benzene rings is 3. The molecule has 1 aliphatic heterocycles. The van der Waals surface area contributed by atoms with Gasteiger partial charge in [-0.2, -0.15) is 0 Å². The van der Waals surface area contributed by atoms with Gasteiger partial charge in [0.05, 0.1) is 30.6 Å². The largest absolute Gasteiger partial charge is 0.493 e. The standard InChI is InChI=1S/C37H46N2O7S/c1-6-9-20-37(21-10-7-2)25-39(29-14-12-11-13-15-29)30-22-31(44-4)32(23-33(30)47(42,43)26-37)46-24-34(40)38-35(36(41)45-5)28-18-16-27(8-3)17-19-28/h8,11-19,22-23,35H,3,6-7,9-10,20-21,24-26H2,1-2,4-5H3,(H,38,40)/t35-/m1/s1. The van der Waals surface area contributed by atoms with Gasteiger partial charge in [0.25, 0.3) is 5.91 Å². The molecule has 0 aromatic heterocycles. The van der Waals surface area contributed by atoms with Crippen LogP contribution in [0.5, 0.6) is 11.5 Å². The molecule has 1 heterocycles. The minimum absolute atomic E-state index is 0.00798. The number of anilines is 2. The summed E-state index contributed by atoms with van der Waals surface area (Å²) in [6.07, 6.45) is 7.05. The summed E-state index contributed by atoms with van der Waals surface area (Å²) in [6.45, 7) is 8.03. The Hall–Kier alpha value is -4.31. The van der Waals surface area contributed by atoms with Gasteiger partial charge in [0.1, 0.15) is 0 Å². The number of nitrogens with one attached hydrogen (secondary N) is 1. The lowest BCUT2D eigenvalue weighted by Crippen LogP contribution is -2.38. The van der Waals surface area contributed by atoms with Crippen LogP contribution >= 0.6 is 0 Å². The summed E-state index contributed by atoms with van der Waals surface area (Å²) in [7, 11) is -1.08. The van der Waals surface area contributed by atoms with Crippen LogP contribution in [0.2, 0.25) is 0 Å². The topological polar surface area (TPSA) is 111 Å². The molecule has 3 aromatic carbocycles. The van der Waals surface area contributed by atoms with E-state index in [1.54, 1.807) is 36.4 Å². The van der Waals surface area contributed by atoms with E-state index in [1.807, 2.05) is 30.3 Å². The van der Waals surface area contributed by atoms with Gasteiger partial charge < -0.3 is 24.4 Å². The molecule has 3 aromatic rings. The Bertz CT molecular complexity index is 1630. The molecule has 0 unspecified atom stereocenters. The van der Waals surface area contributed by atoms with Crippen LogP contribution in [-0.2, 0) is 24.2 Å². The molecule has 0 spiro atoms. The first-order valence-corrected chi connectivity index (χ1v) is 17.7. The van der Waals surface area contributed by atoms with Gasteiger partial charge in [-0.1, -0.05) is 94.7 Å². The van der Waals surface area contributed by atoms with Crippen LogP contribution in [0.15, 0.2) is 78.2 Å². The molecular formula is C37H46N2O7S. The quantitative estimate of drug-likeness (QED) is 0.173. The molecule has 0 saturated carbocycles. The van der Waals surface area contributed by atoms with E-state index in [0.717, 1.165) is 49.8 Å². The molecule has 47 heavy (non-hydrogen) atoms. The highest BCUT2D eigenvalue weighted by Crippen LogP contribution is 2.48. The van der Waals surface area contributed by atoms with Crippen LogP contribution in [0.1, 0.15) is 69.5 Å². The minimum Gasteiger partial charge on any atom is -0.493 e. The zero-order valence-corrected chi connectivity index (χ0v) is 28.6. The van der Waals surface area contributed by atoms with Gasteiger partial charge in [0.15, 0.2) is 34.0 Å². The molecule has 0 fully saturated rings. The number of carbonyl (C=O) groups is 2. The summed E-state index contributed by atoms with van der Waals surface area (Å²) in [5.41, 5.74) is 2.32. The Balaban J connectivity index is 1.69. The van der Waals surface area contributed by atoms with Crippen molar-refractivity contribution in [3.8, 4) is 11.5 Å². The normalized spacial score (nSPS) is 15.4. The second-order valence-electron chi connectivity index (χ2n) is 12.0. The van der Waals surface area contributed by atoms with Crippen molar-refractivity contribution >= 4 is 39.2 Å². The Labute approximate surface area is 278 Å². The minimum atomic E-state index is -3.80. The number of methoxy groups -OCH3 is 2. The smallest absolute Gasteiger partial charge is 0.333 e. The summed E-state index contributed by atoms with van der Waals surface area (Å²) in [6, 6.07) is 18.8. The number of rotatable bonds is 15. The summed E-state index contributed by atoms with van der Waals surface area (Å²) >= 11 is 0. The van der Waals surface area contributed by atoms with E-state index in [1.165, 1.54) is 20.3 Å². The van der Waals surface area contributed by atoms with Crippen molar-refractivity contribution in [1.82, 2.24) is 5.32 Å². The van der Waals surface area contributed by atoms with Crippen LogP contribution < -0.4 is 19.7 Å². The number of carbonyl (C=O) groups excluding carboxylic acids is 2. The zero-order valence-electron chi connectivity index (χ0n) is 27.8. The third-order valence-electron chi connectivity index (χ3n) is 8.66. The average Bonchev–Trinajstić information content (AvgIpc) is 3.18. The van der Waals surface area contributed by atoms with E-state index in [0.29, 0.717) is 17.8 Å². The van der Waals surface area contributed by atoms with Gasteiger partial charge in [-0.3, -0.25) is 4.79 Å². The van der Waals surface area contributed by atoms with Crippen LogP contribution in [0, 0.1) is 5.41 Å². The number of para-hydroxylation sites is 1. The maximum absolute atomic E-state index is 14.3. The number of unbranched alkanes of at least 4 members (excludes halogenated alkanes) is 2. The van der Waals surface area contributed by atoms with Gasteiger partial charge in [-0.15, -0.1) is 0 Å². The van der Waals surface area contributed by atoms with Crippen LogP contribution in [0.3, 0.4) is 0 Å². The molecule has 0 bridgehead atoms. The lowest BCUT2D eigenvalue weighted by molar-refractivity contribution is -0.145. The lowest BCUT2D eigenvalue weighted by atomic mass is 9.79. The number of esters is 1. The molecule has 0 saturated heterocycles. The Kier molecular flexibility index (Phi) is 12.1. The molecule has 1 atom stereocenters. The first-order valence-electron chi connectivity index (χ1n) is 16.1. The summed E-state index contributed by atoms with van der Waals surface area (Å²) in [5.74, 6) is -0.843. The molecule has 1 aliphatic rings. The molecule has 4 rings (SSSR count). The molecule has 0 aliphatic carbocycles. The van der Waals surface area contributed by atoms with Crippen molar-refractivity contribution in [3.05, 3.63) is 84.4 Å². The van der Waals surface area contributed by atoms with Crippen LogP contribution in [-0.4, -0.2) is 53.4 Å². The lowest BCUT2D eigenvalue weighted by Gasteiger charge is -2.37. The highest BCUT2D eigenvalue weighted by molar-refractivity contribution is 7.91. The predicted octanol–water partition coefficient (Wildman–Crippen LogP) is 7.04. The fourth-order valence-corrected chi connectivity index (χ4v) is 8.26. The van der Waals surface area contributed by atoms with Gasteiger partial charge in [-0.25, -0.2) is 13.2 Å². The van der Waals surface area contributed by atoms with Crippen molar-refractivity contribution in [2.75, 3.05) is 38.0 Å². The number of hydrogen-bond acceptors (Lipinski definition) is 8. The fourth-order valence-electron chi connectivity index (χ4n) is 6.15. The van der Waals surface area contributed by atoms with Crippen molar-refractivity contribution in [1.29, 1.82) is 0 Å². The van der Waals surface area contributed by atoms with Crippen LogP contribution in [0.25, 0.3) is 6.08 Å². The number of nitrogens with zero attached hydrogens (tertiary/aromatic N) is 1. The third-order valence-corrected chi connectivity index (χ3v) is 10.6. The van der Waals surface area contributed by atoms with E-state index in [-0.39, 0.29) is 22.1 Å². The maximum atomic E-state index is 14.3. The number of ether oxygens (including phenoxy) is 3. The monoisotopic (exact) mass is 662 g/mol. The molecule has 1 amide bonds. The highest BCUT2D eigenvalue weighted by Gasteiger charge is 2.42. The fraction of sp³-hybridized carbons (Fsp3) is 0.405. The van der Waals surface area contributed by atoms with Crippen LogP contribution in [0.4, 0.5) is 11.4 Å². The molecular weight excluding hydrogens is 616 g/mol. The van der Waals surface area contributed by atoms with Crippen molar-refractivity contribution in [2.45, 2.75) is 63.3 Å². The molecule has 10 heteroatoms. The second-order valence-corrected chi connectivity index (χ2v) is 14.0. The molecule has 1 N–H and O–H groups in total. The maximum Gasteiger partial charge on any atom is 0.333 e. The zero-order chi connectivity index (χ0) is 34.0. The van der Waals surface area contributed by atoms with E-state index in [9.17, 15) is 18.0 Å². The Morgan fingerprint density at radius 2 is 1.64 bits per heavy atom. The molecule has 252 valence electrons.